The molecule has 0 amide bonds. The fourth-order valence-corrected chi connectivity index (χ4v) is 4.34. The van der Waals surface area contributed by atoms with Gasteiger partial charge in [-0.2, -0.15) is 0 Å². The Labute approximate surface area is 184 Å². The van der Waals surface area contributed by atoms with Gasteiger partial charge in [0.1, 0.15) is 12.4 Å². The summed E-state index contributed by atoms with van der Waals surface area (Å²) in [5, 5.41) is 0. The molecule has 5 rings (SSSR count). The highest BCUT2D eigenvalue weighted by Crippen LogP contribution is 2.35. The predicted octanol–water partition coefficient (Wildman–Crippen LogP) is 5.75. The predicted molar refractivity (Wildman–Crippen MR) is 125 cm³/mol. The second-order valence-electron chi connectivity index (χ2n) is 8.04. The molecule has 0 radical (unpaired) electrons. The van der Waals surface area contributed by atoms with Gasteiger partial charge in [0.05, 0.1) is 5.69 Å². The van der Waals surface area contributed by atoms with E-state index in [0.29, 0.717) is 6.61 Å². The van der Waals surface area contributed by atoms with E-state index in [9.17, 15) is 0 Å². The first-order valence-electron chi connectivity index (χ1n) is 10.8. The Morgan fingerprint density at radius 1 is 0.742 bits per heavy atom. The molecule has 0 saturated heterocycles. The average Bonchev–Trinajstić information content (AvgIpc) is 2.85. The van der Waals surface area contributed by atoms with E-state index in [0.717, 1.165) is 31.0 Å². The molecule has 0 N–H and O–H groups in total. The molecule has 0 aliphatic carbocycles. The second-order valence-corrected chi connectivity index (χ2v) is 8.04. The van der Waals surface area contributed by atoms with E-state index < -0.39 is 0 Å². The maximum atomic E-state index is 6.29. The maximum Gasteiger partial charge on any atom is 0.123 e. The minimum Gasteiger partial charge on any atom is -0.492 e. The third kappa shape index (κ3) is 4.52. The molecule has 0 unspecified atom stereocenters. The Bertz CT molecular complexity index is 1070. The summed E-state index contributed by atoms with van der Waals surface area (Å²) in [4.78, 5) is 7.14. The Kier molecular flexibility index (Phi) is 5.76. The van der Waals surface area contributed by atoms with E-state index >= 15 is 0 Å². The Hall–Kier alpha value is -3.43. The highest BCUT2D eigenvalue weighted by molar-refractivity contribution is 5.67. The molecule has 0 bridgehead atoms. The van der Waals surface area contributed by atoms with Crippen molar-refractivity contribution in [3.05, 3.63) is 120 Å². The van der Waals surface area contributed by atoms with Crippen LogP contribution in [-0.4, -0.2) is 22.5 Å². The zero-order valence-corrected chi connectivity index (χ0v) is 17.5. The second kappa shape index (κ2) is 9.15. The number of hydrogen-bond acceptors (Lipinski definition) is 3. The van der Waals surface area contributed by atoms with Crippen LogP contribution in [0.4, 0.5) is 0 Å². The topological polar surface area (TPSA) is 25.4 Å². The van der Waals surface area contributed by atoms with Gasteiger partial charge in [-0.1, -0.05) is 78.9 Å². The lowest BCUT2D eigenvalue weighted by Gasteiger charge is -2.36. The molecule has 1 aliphatic heterocycles. The van der Waals surface area contributed by atoms with E-state index in [1.165, 1.54) is 22.3 Å². The fraction of sp³-hybridized carbons (Fsp3) is 0.179. The number of hydrogen-bond donors (Lipinski definition) is 0. The lowest BCUT2D eigenvalue weighted by atomic mass is 9.94. The molecule has 1 aromatic heterocycles. The third-order valence-corrected chi connectivity index (χ3v) is 5.92. The molecule has 2 heterocycles. The minimum absolute atomic E-state index is 0.290. The van der Waals surface area contributed by atoms with Crippen molar-refractivity contribution in [2.24, 2.45) is 0 Å². The van der Waals surface area contributed by atoms with E-state index in [4.69, 9.17) is 4.74 Å². The number of rotatable bonds is 6. The molecule has 1 atom stereocenters. The van der Waals surface area contributed by atoms with Gasteiger partial charge in [0, 0.05) is 36.5 Å². The largest absolute Gasteiger partial charge is 0.492 e. The minimum atomic E-state index is 0.290. The van der Waals surface area contributed by atoms with Gasteiger partial charge in [0.2, 0.25) is 0 Å². The van der Waals surface area contributed by atoms with E-state index in [-0.39, 0.29) is 6.04 Å². The Morgan fingerprint density at radius 3 is 2.06 bits per heavy atom. The highest BCUT2D eigenvalue weighted by Gasteiger charge is 2.28. The van der Waals surface area contributed by atoms with Crippen LogP contribution in [0.15, 0.2) is 103 Å². The molecular weight excluding hydrogens is 380 g/mol. The van der Waals surface area contributed by atoms with Gasteiger partial charge in [0.25, 0.3) is 0 Å². The monoisotopic (exact) mass is 406 g/mol. The summed E-state index contributed by atoms with van der Waals surface area (Å²) in [6.07, 6.45) is 2.80. The molecule has 0 spiro atoms. The quantitative estimate of drug-likeness (QED) is 0.407. The molecule has 3 heteroatoms. The van der Waals surface area contributed by atoms with Crippen molar-refractivity contribution in [2.75, 3.05) is 6.61 Å². The van der Waals surface area contributed by atoms with Crippen molar-refractivity contribution in [3.8, 4) is 17.0 Å². The molecule has 154 valence electrons. The number of fused-ring (bicyclic) bond motifs is 1. The van der Waals surface area contributed by atoms with Crippen molar-refractivity contribution in [1.29, 1.82) is 0 Å². The van der Waals surface area contributed by atoms with Crippen LogP contribution in [-0.2, 0) is 19.5 Å². The molecule has 4 aromatic rings. The van der Waals surface area contributed by atoms with Crippen LogP contribution >= 0.6 is 0 Å². The summed E-state index contributed by atoms with van der Waals surface area (Å²) in [6, 6.07) is 34.1. The van der Waals surface area contributed by atoms with Crippen LogP contribution < -0.4 is 4.74 Å². The molecular formula is C28H26N2O. The van der Waals surface area contributed by atoms with E-state index in [2.05, 4.69) is 94.8 Å². The van der Waals surface area contributed by atoms with Gasteiger partial charge in [-0.3, -0.25) is 9.88 Å². The Balaban J connectivity index is 1.46. The first kappa shape index (κ1) is 19.5. The smallest absolute Gasteiger partial charge is 0.123 e. The van der Waals surface area contributed by atoms with Gasteiger partial charge in [0.15, 0.2) is 0 Å². The first-order chi connectivity index (χ1) is 15.4. The van der Waals surface area contributed by atoms with Crippen LogP contribution in [0.2, 0.25) is 0 Å². The van der Waals surface area contributed by atoms with Crippen LogP contribution in [0.3, 0.4) is 0 Å². The third-order valence-electron chi connectivity index (χ3n) is 5.92. The molecule has 0 saturated carbocycles. The number of ether oxygens (including phenoxy) is 1. The maximum absolute atomic E-state index is 6.29. The van der Waals surface area contributed by atoms with Crippen molar-refractivity contribution < 1.29 is 4.74 Å². The molecule has 1 aliphatic rings. The van der Waals surface area contributed by atoms with Gasteiger partial charge in [-0.05, 0) is 35.7 Å². The summed E-state index contributed by atoms with van der Waals surface area (Å²) in [5.41, 5.74) is 6.07. The first-order valence-corrected chi connectivity index (χ1v) is 10.8. The zero-order chi connectivity index (χ0) is 20.9. The van der Waals surface area contributed by atoms with Crippen molar-refractivity contribution in [1.82, 2.24) is 9.88 Å². The summed E-state index contributed by atoms with van der Waals surface area (Å²) < 4.78 is 6.29. The number of aromatic nitrogens is 1. The van der Waals surface area contributed by atoms with Gasteiger partial charge < -0.3 is 4.74 Å². The van der Waals surface area contributed by atoms with Gasteiger partial charge >= 0.3 is 0 Å². The standard InChI is InChI=1S/C28H26N2O/c1-3-10-22(11-4-1)19-30(20-23-12-5-2-6-13-23)24-18-26-25(27-15-7-8-17-29-27)14-9-16-28(26)31-21-24/h1-17,24H,18-21H2/t24-/m0/s1. The van der Waals surface area contributed by atoms with Crippen molar-refractivity contribution >= 4 is 0 Å². The average molecular weight is 407 g/mol. The lowest BCUT2D eigenvalue weighted by Crippen LogP contribution is -2.42. The summed E-state index contributed by atoms with van der Waals surface area (Å²) in [7, 11) is 0. The zero-order valence-electron chi connectivity index (χ0n) is 17.5. The van der Waals surface area contributed by atoms with Crippen LogP contribution in [0.25, 0.3) is 11.3 Å². The molecule has 31 heavy (non-hydrogen) atoms. The highest BCUT2D eigenvalue weighted by atomic mass is 16.5. The molecule has 0 fully saturated rings. The molecule has 3 nitrogen and oxygen atoms in total. The normalized spacial score (nSPS) is 15.3. The number of nitrogens with zero attached hydrogens (tertiary/aromatic N) is 2. The van der Waals surface area contributed by atoms with Gasteiger partial charge in [-0.15, -0.1) is 0 Å². The van der Waals surface area contributed by atoms with Crippen LogP contribution in [0, 0.1) is 0 Å². The summed E-state index contributed by atoms with van der Waals surface area (Å²) in [5.74, 6) is 0.985. The molecule has 3 aromatic carbocycles. The fourth-order valence-electron chi connectivity index (χ4n) is 4.34. The summed E-state index contributed by atoms with van der Waals surface area (Å²) in [6.45, 7) is 2.48. The van der Waals surface area contributed by atoms with Crippen molar-refractivity contribution in [3.63, 3.8) is 0 Å². The van der Waals surface area contributed by atoms with Crippen molar-refractivity contribution in [2.45, 2.75) is 25.6 Å². The lowest BCUT2D eigenvalue weighted by molar-refractivity contribution is 0.106. The summed E-state index contributed by atoms with van der Waals surface area (Å²) >= 11 is 0. The van der Waals surface area contributed by atoms with E-state index in [1.807, 2.05) is 18.3 Å². The van der Waals surface area contributed by atoms with Crippen LogP contribution in [0.5, 0.6) is 5.75 Å². The Morgan fingerprint density at radius 2 is 1.42 bits per heavy atom. The number of pyridine rings is 1. The van der Waals surface area contributed by atoms with Gasteiger partial charge in [-0.25, -0.2) is 0 Å². The van der Waals surface area contributed by atoms with Crippen LogP contribution in [0.1, 0.15) is 16.7 Å². The SMILES string of the molecule is c1ccc(CN(Cc2ccccc2)[C@@H]2COc3cccc(-c4ccccn4)c3C2)cc1. The van der Waals surface area contributed by atoms with E-state index in [1.54, 1.807) is 0 Å². The number of benzene rings is 3.